The van der Waals surface area contributed by atoms with E-state index < -0.39 is 0 Å². The Labute approximate surface area is 89.4 Å². The van der Waals surface area contributed by atoms with Crippen molar-refractivity contribution in [1.82, 2.24) is 10.2 Å². The highest BCUT2D eigenvalue weighted by atomic mass is 32.1. The van der Waals surface area contributed by atoms with Crippen LogP contribution in [0.4, 0.5) is 0 Å². The lowest BCUT2D eigenvalue weighted by atomic mass is 9.96. The molecule has 2 amide bonds. The van der Waals surface area contributed by atoms with Gasteiger partial charge in [-0.2, -0.15) is 12.6 Å². The predicted molar refractivity (Wildman–Crippen MR) is 57.2 cm³/mol. The van der Waals surface area contributed by atoms with Crippen LogP contribution < -0.4 is 5.32 Å². The maximum Gasteiger partial charge on any atom is 0.232 e. The Hall–Kier alpha value is -0.710. The fourth-order valence-electron chi connectivity index (χ4n) is 1.70. The van der Waals surface area contributed by atoms with E-state index in [4.69, 9.17) is 0 Å². The summed E-state index contributed by atoms with van der Waals surface area (Å²) in [5.74, 6) is 0.473. The van der Waals surface area contributed by atoms with Gasteiger partial charge < -0.3 is 10.2 Å². The van der Waals surface area contributed by atoms with E-state index in [0.717, 1.165) is 12.8 Å². The first-order valence-corrected chi connectivity index (χ1v) is 5.42. The molecule has 4 nitrogen and oxygen atoms in total. The number of hydrogen-bond acceptors (Lipinski definition) is 3. The van der Waals surface area contributed by atoms with Crippen molar-refractivity contribution in [1.29, 1.82) is 0 Å². The molecule has 0 spiro atoms. The van der Waals surface area contributed by atoms with Gasteiger partial charge in [-0.3, -0.25) is 9.59 Å². The topological polar surface area (TPSA) is 49.4 Å². The molecule has 0 aromatic heterocycles. The van der Waals surface area contributed by atoms with Crippen molar-refractivity contribution in [2.75, 3.05) is 25.9 Å². The number of nitrogens with zero attached hydrogens (tertiary/aromatic N) is 1. The van der Waals surface area contributed by atoms with Gasteiger partial charge in [0.1, 0.15) is 0 Å². The highest BCUT2D eigenvalue weighted by molar-refractivity contribution is 7.81. The summed E-state index contributed by atoms with van der Waals surface area (Å²) >= 11 is 3.94. The number of hydrogen-bond donors (Lipinski definition) is 2. The molecule has 1 rings (SSSR count). The van der Waals surface area contributed by atoms with E-state index in [9.17, 15) is 9.59 Å². The third-order valence-electron chi connectivity index (χ3n) is 2.60. The lowest BCUT2D eigenvalue weighted by Gasteiger charge is -2.30. The van der Waals surface area contributed by atoms with E-state index in [0.29, 0.717) is 13.1 Å². The highest BCUT2D eigenvalue weighted by Gasteiger charge is 2.25. The van der Waals surface area contributed by atoms with Crippen molar-refractivity contribution in [3.05, 3.63) is 0 Å². The molecule has 0 aromatic carbocycles. The Kier molecular flexibility index (Phi) is 4.25. The van der Waals surface area contributed by atoms with Gasteiger partial charge in [-0.05, 0) is 12.8 Å². The highest BCUT2D eigenvalue weighted by Crippen LogP contribution is 2.17. The number of thiol groups is 1. The van der Waals surface area contributed by atoms with Gasteiger partial charge in [-0.25, -0.2) is 0 Å². The zero-order valence-electron chi connectivity index (χ0n) is 8.32. The Morgan fingerprint density at radius 2 is 2.00 bits per heavy atom. The van der Waals surface area contributed by atoms with Gasteiger partial charge in [0.05, 0.1) is 5.75 Å². The fourth-order valence-corrected chi connectivity index (χ4v) is 1.90. The second-order valence-electron chi connectivity index (χ2n) is 3.43. The minimum atomic E-state index is 0.0590. The Morgan fingerprint density at radius 1 is 1.43 bits per heavy atom. The van der Waals surface area contributed by atoms with Gasteiger partial charge in [0.15, 0.2) is 0 Å². The molecule has 0 bridgehead atoms. The van der Waals surface area contributed by atoms with Crippen LogP contribution in [-0.4, -0.2) is 42.6 Å². The average molecular weight is 216 g/mol. The third kappa shape index (κ3) is 2.64. The van der Waals surface area contributed by atoms with Crippen molar-refractivity contribution < 1.29 is 9.59 Å². The van der Waals surface area contributed by atoms with E-state index in [2.05, 4.69) is 17.9 Å². The lowest BCUT2D eigenvalue weighted by Crippen LogP contribution is -2.42. The van der Waals surface area contributed by atoms with Crippen LogP contribution in [0.15, 0.2) is 0 Å². The Morgan fingerprint density at radius 3 is 2.43 bits per heavy atom. The van der Waals surface area contributed by atoms with Gasteiger partial charge in [-0.15, -0.1) is 0 Å². The smallest absolute Gasteiger partial charge is 0.232 e. The summed E-state index contributed by atoms with van der Waals surface area (Å²) in [5, 5.41) is 2.64. The molecule has 0 aliphatic carbocycles. The molecule has 0 aromatic rings. The molecule has 1 aliphatic heterocycles. The molecule has 0 radical (unpaired) electrons. The molecular weight excluding hydrogens is 200 g/mol. The van der Waals surface area contributed by atoms with Gasteiger partial charge >= 0.3 is 0 Å². The molecule has 0 atom stereocenters. The molecule has 0 saturated carbocycles. The fraction of sp³-hybridized carbons (Fsp3) is 0.778. The number of rotatable bonds is 2. The molecule has 14 heavy (non-hydrogen) atoms. The van der Waals surface area contributed by atoms with Crippen LogP contribution in [0.2, 0.25) is 0 Å². The number of amides is 2. The van der Waals surface area contributed by atoms with Gasteiger partial charge in [0.2, 0.25) is 11.8 Å². The van der Waals surface area contributed by atoms with E-state index >= 15 is 0 Å². The molecule has 1 saturated heterocycles. The van der Waals surface area contributed by atoms with Gasteiger partial charge in [-0.1, -0.05) is 0 Å². The second-order valence-corrected chi connectivity index (χ2v) is 3.74. The quantitative estimate of drug-likeness (QED) is 0.633. The van der Waals surface area contributed by atoms with E-state index in [1.165, 1.54) is 0 Å². The average Bonchev–Trinajstić information content (AvgIpc) is 2.27. The molecule has 1 fully saturated rings. The van der Waals surface area contributed by atoms with Gasteiger partial charge in [0, 0.05) is 26.1 Å². The molecule has 5 heteroatoms. The summed E-state index contributed by atoms with van der Waals surface area (Å²) in [6.07, 6.45) is 1.53. The summed E-state index contributed by atoms with van der Waals surface area (Å²) in [6.45, 7) is 1.36. The number of nitrogens with one attached hydrogen (secondary N) is 1. The molecule has 1 N–H and O–H groups in total. The van der Waals surface area contributed by atoms with Gasteiger partial charge in [0.25, 0.3) is 0 Å². The van der Waals surface area contributed by atoms with Crippen LogP contribution >= 0.6 is 12.6 Å². The van der Waals surface area contributed by atoms with Crippen LogP contribution in [0.5, 0.6) is 0 Å². The standard InChI is InChI=1S/C9H16N2O2S/c1-10-9(13)7-2-4-11(5-3-7)8(12)6-14/h7,14H,2-6H2,1H3,(H,10,13). The minimum absolute atomic E-state index is 0.0590. The monoisotopic (exact) mass is 216 g/mol. The molecule has 1 aliphatic rings. The molecule has 0 unspecified atom stereocenters. The Bertz CT molecular complexity index is 201. The van der Waals surface area contributed by atoms with Crippen molar-refractivity contribution in [2.24, 2.45) is 5.92 Å². The first kappa shape index (κ1) is 11.4. The van der Waals surface area contributed by atoms with E-state index in [1.807, 2.05) is 0 Å². The van der Waals surface area contributed by atoms with Crippen LogP contribution in [-0.2, 0) is 9.59 Å². The maximum absolute atomic E-state index is 11.3. The summed E-state index contributed by atoms with van der Waals surface area (Å²) in [5.41, 5.74) is 0. The zero-order chi connectivity index (χ0) is 10.6. The number of carbonyl (C=O) groups excluding carboxylic acids is 2. The zero-order valence-corrected chi connectivity index (χ0v) is 9.22. The molecule has 1 heterocycles. The number of carbonyl (C=O) groups is 2. The van der Waals surface area contributed by atoms with Crippen molar-refractivity contribution in [3.63, 3.8) is 0 Å². The Balaban J connectivity index is 2.38. The normalized spacial score (nSPS) is 18.0. The van der Waals surface area contributed by atoms with E-state index in [1.54, 1.807) is 11.9 Å². The van der Waals surface area contributed by atoms with Crippen LogP contribution in [0.25, 0.3) is 0 Å². The third-order valence-corrected chi connectivity index (χ3v) is 2.87. The maximum atomic E-state index is 11.3. The largest absolute Gasteiger partial charge is 0.359 e. The lowest BCUT2D eigenvalue weighted by molar-refractivity contribution is -0.133. The summed E-state index contributed by atoms with van der Waals surface area (Å²) in [4.78, 5) is 24.3. The van der Waals surface area contributed by atoms with Crippen LogP contribution in [0, 0.1) is 5.92 Å². The van der Waals surface area contributed by atoms with E-state index in [-0.39, 0.29) is 23.5 Å². The first-order chi connectivity index (χ1) is 6.69. The SMILES string of the molecule is CNC(=O)C1CCN(C(=O)CS)CC1. The van der Waals surface area contributed by atoms with Crippen molar-refractivity contribution in [2.45, 2.75) is 12.8 Å². The minimum Gasteiger partial charge on any atom is -0.359 e. The van der Waals surface area contributed by atoms with Crippen molar-refractivity contribution in [3.8, 4) is 0 Å². The second kappa shape index (κ2) is 5.24. The molecule has 80 valence electrons. The van der Waals surface area contributed by atoms with Crippen molar-refractivity contribution >= 4 is 24.4 Å². The summed E-state index contributed by atoms with van der Waals surface area (Å²) in [7, 11) is 1.65. The number of piperidine rings is 1. The van der Waals surface area contributed by atoms with Crippen LogP contribution in [0.1, 0.15) is 12.8 Å². The predicted octanol–water partition coefficient (Wildman–Crippen LogP) is -0.0992. The first-order valence-electron chi connectivity index (χ1n) is 4.79. The molecular formula is C9H16N2O2S. The summed E-state index contributed by atoms with van der Waals surface area (Å²) in [6, 6.07) is 0. The number of likely N-dealkylation sites (tertiary alicyclic amines) is 1. The summed E-state index contributed by atoms with van der Waals surface area (Å²) < 4.78 is 0. The van der Waals surface area contributed by atoms with Crippen LogP contribution in [0.3, 0.4) is 0 Å².